The fourth-order valence-electron chi connectivity index (χ4n) is 3.10. The molecular formula is C18H28ClN3O5S. The summed E-state index contributed by atoms with van der Waals surface area (Å²) >= 11 is 6.04. The molecule has 1 N–H and O–H groups in total. The van der Waals surface area contributed by atoms with Crippen LogP contribution in [0.15, 0.2) is 18.2 Å². The molecule has 158 valence electrons. The van der Waals surface area contributed by atoms with E-state index in [1.165, 1.54) is 13.2 Å². The van der Waals surface area contributed by atoms with Gasteiger partial charge in [-0.1, -0.05) is 11.6 Å². The molecule has 1 fully saturated rings. The number of nitrogens with zero attached hydrogens (tertiary/aromatic N) is 2. The Kier molecular flexibility index (Phi) is 8.36. The highest BCUT2D eigenvalue weighted by Crippen LogP contribution is 2.34. The Morgan fingerprint density at radius 3 is 2.68 bits per heavy atom. The number of rotatable bonds is 9. The minimum absolute atomic E-state index is 0.230. The molecule has 28 heavy (non-hydrogen) atoms. The fraction of sp³-hybridized carbons (Fsp3) is 0.611. The summed E-state index contributed by atoms with van der Waals surface area (Å²) in [5.74, 6) is -0.0591. The van der Waals surface area contributed by atoms with Gasteiger partial charge in [0.05, 0.1) is 32.3 Å². The van der Waals surface area contributed by atoms with E-state index in [-0.39, 0.29) is 11.6 Å². The van der Waals surface area contributed by atoms with Crippen LogP contribution in [-0.4, -0.2) is 78.0 Å². The van der Waals surface area contributed by atoms with E-state index < -0.39 is 16.1 Å². The van der Waals surface area contributed by atoms with Gasteiger partial charge in [0.25, 0.3) is 0 Å². The molecule has 0 saturated carbocycles. The molecule has 1 aliphatic heterocycles. The van der Waals surface area contributed by atoms with E-state index in [9.17, 15) is 13.2 Å². The number of nitrogens with one attached hydrogen (secondary N) is 1. The topological polar surface area (TPSA) is 88.2 Å². The SMILES string of the molecule is COc1ccc(Cl)cc1N(C(C)C(=O)NCCCN1CCOCC1)S(C)(=O)=O. The lowest BCUT2D eigenvalue weighted by molar-refractivity contribution is -0.121. The second-order valence-corrected chi connectivity index (χ2v) is 8.95. The molecule has 0 aromatic heterocycles. The summed E-state index contributed by atoms with van der Waals surface area (Å²) in [6, 6.07) is 3.69. The van der Waals surface area contributed by atoms with Crippen LogP contribution in [0.2, 0.25) is 5.02 Å². The highest BCUT2D eigenvalue weighted by atomic mass is 35.5. The summed E-state index contributed by atoms with van der Waals surface area (Å²) in [7, 11) is -2.31. The Balaban J connectivity index is 2.03. The maximum absolute atomic E-state index is 12.6. The molecule has 0 radical (unpaired) electrons. The zero-order valence-corrected chi connectivity index (χ0v) is 18.1. The first-order valence-electron chi connectivity index (χ1n) is 9.15. The van der Waals surface area contributed by atoms with Crippen molar-refractivity contribution in [1.82, 2.24) is 10.2 Å². The minimum atomic E-state index is -3.75. The van der Waals surface area contributed by atoms with E-state index in [0.717, 1.165) is 49.8 Å². The van der Waals surface area contributed by atoms with Crippen LogP contribution < -0.4 is 14.4 Å². The van der Waals surface area contributed by atoms with E-state index in [4.69, 9.17) is 21.1 Å². The fourth-order valence-corrected chi connectivity index (χ4v) is 4.44. The number of anilines is 1. The number of morpholine rings is 1. The Labute approximate surface area is 171 Å². The van der Waals surface area contributed by atoms with Gasteiger partial charge in [0.15, 0.2) is 0 Å². The zero-order chi connectivity index (χ0) is 20.7. The molecule has 1 aliphatic rings. The van der Waals surface area contributed by atoms with Crippen LogP contribution in [0.25, 0.3) is 0 Å². The average molecular weight is 434 g/mol. The van der Waals surface area contributed by atoms with Crippen LogP contribution in [0.1, 0.15) is 13.3 Å². The molecule has 0 aliphatic carbocycles. The largest absolute Gasteiger partial charge is 0.495 e. The van der Waals surface area contributed by atoms with E-state index in [1.807, 2.05) is 0 Å². The number of carbonyl (C=O) groups excluding carboxylic acids is 1. The molecule has 1 aromatic rings. The number of sulfonamides is 1. The van der Waals surface area contributed by atoms with Crippen LogP contribution in [0.5, 0.6) is 5.75 Å². The first kappa shape index (κ1) is 22.7. The molecule has 1 unspecified atom stereocenters. The van der Waals surface area contributed by atoms with Gasteiger partial charge in [-0.25, -0.2) is 8.42 Å². The first-order valence-corrected chi connectivity index (χ1v) is 11.4. The number of benzene rings is 1. The molecule has 10 heteroatoms. The monoisotopic (exact) mass is 433 g/mol. The van der Waals surface area contributed by atoms with Gasteiger partial charge in [0.2, 0.25) is 15.9 Å². The third-order valence-corrected chi connectivity index (χ3v) is 5.98. The molecule has 1 saturated heterocycles. The summed E-state index contributed by atoms with van der Waals surface area (Å²) in [4.78, 5) is 14.9. The van der Waals surface area contributed by atoms with Gasteiger partial charge < -0.3 is 14.8 Å². The van der Waals surface area contributed by atoms with Gasteiger partial charge in [0.1, 0.15) is 11.8 Å². The second kappa shape index (κ2) is 10.3. The van der Waals surface area contributed by atoms with Gasteiger partial charge in [-0.2, -0.15) is 0 Å². The van der Waals surface area contributed by atoms with Crippen molar-refractivity contribution < 1.29 is 22.7 Å². The molecule has 1 heterocycles. The molecule has 1 amide bonds. The third kappa shape index (κ3) is 6.23. The quantitative estimate of drug-likeness (QED) is 0.591. The molecule has 0 bridgehead atoms. The average Bonchev–Trinajstić information content (AvgIpc) is 2.65. The first-order chi connectivity index (χ1) is 13.2. The Bertz CT molecular complexity index is 768. The Hall–Kier alpha value is -1.55. The number of methoxy groups -OCH3 is 1. The summed E-state index contributed by atoms with van der Waals surface area (Å²) in [5, 5.41) is 3.17. The lowest BCUT2D eigenvalue weighted by Gasteiger charge is -2.30. The number of amides is 1. The number of hydrogen-bond donors (Lipinski definition) is 1. The van der Waals surface area contributed by atoms with Gasteiger partial charge >= 0.3 is 0 Å². The Morgan fingerprint density at radius 2 is 2.07 bits per heavy atom. The van der Waals surface area contributed by atoms with E-state index in [1.54, 1.807) is 19.1 Å². The van der Waals surface area contributed by atoms with Crippen LogP contribution in [0.4, 0.5) is 5.69 Å². The predicted molar refractivity (Wildman–Crippen MR) is 110 cm³/mol. The highest BCUT2D eigenvalue weighted by Gasteiger charge is 2.31. The summed E-state index contributed by atoms with van der Waals surface area (Å²) in [6.07, 6.45) is 1.83. The van der Waals surface area contributed by atoms with Gasteiger partial charge in [-0.3, -0.25) is 14.0 Å². The number of halogens is 1. The maximum atomic E-state index is 12.6. The normalized spacial score (nSPS) is 16.4. The van der Waals surface area contributed by atoms with Gasteiger partial charge in [-0.05, 0) is 38.1 Å². The summed E-state index contributed by atoms with van der Waals surface area (Å²) in [6.45, 7) is 6.10. The molecular weight excluding hydrogens is 406 g/mol. The minimum Gasteiger partial charge on any atom is -0.495 e. The Morgan fingerprint density at radius 1 is 1.39 bits per heavy atom. The van der Waals surface area contributed by atoms with Crippen molar-refractivity contribution in [3.63, 3.8) is 0 Å². The lowest BCUT2D eigenvalue weighted by atomic mass is 10.2. The second-order valence-electron chi connectivity index (χ2n) is 6.65. The smallest absolute Gasteiger partial charge is 0.243 e. The van der Waals surface area contributed by atoms with E-state index in [0.29, 0.717) is 17.3 Å². The standard InChI is InChI=1S/C18H28ClN3O5S/c1-14(18(23)20-7-4-8-21-9-11-27-12-10-21)22(28(3,24)25)16-13-15(19)5-6-17(16)26-2/h5-6,13-14H,4,7-12H2,1-3H3,(H,20,23). The van der Waals surface area contributed by atoms with Crippen molar-refractivity contribution in [3.8, 4) is 5.75 Å². The molecule has 1 aromatic carbocycles. The van der Waals surface area contributed by atoms with Crippen LogP contribution >= 0.6 is 11.6 Å². The molecule has 2 rings (SSSR count). The molecule has 0 spiro atoms. The van der Waals surface area contributed by atoms with E-state index >= 15 is 0 Å². The summed E-state index contributed by atoms with van der Waals surface area (Å²) < 4.78 is 36.5. The maximum Gasteiger partial charge on any atom is 0.243 e. The number of carbonyl (C=O) groups is 1. The molecule has 1 atom stereocenters. The van der Waals surface area contributed by atoms with Gasteiger partial charge in [-0.15, -0.1) is 0 Å². The van der Waals surface area contributed by atoms with Crippen molar-refractivity contribution in [1.29, 1.82) is 0 Å². The van der Waals surface area contributed by atoms with Crippen molar-refractivity contribution in [3.05, 3.63) is 23.2 Å². The predicted octanol–water partition coefficient (Wildman–Crippen LogP) is 1.34. The highest BCUT2D eigenvalue weighted by molar-refractivity contribution is 7.92. The summed E-state index contributed by atoms with van der Waals surface area (Å²) in [5.41, 5.74) is 0.230. The van der Waals surface area contributed by atoms with Gasteiger partial charge in [0, 0.05) is 24.7 Å². The molecule has 8 nitrogen and oxygen atoms in total. The zero-order valence-electron chi connectivity index (χ0n) is 16.5. The third-order valence-electron chi connectivity index (χ3n) is 4.52. The van der Waals surface area contributed by atoms with Crippen LogP contribution in [0.3, 0.4) is 0 Å². The van der Waals surface area contributed by atoms with Crippen molar-refractivity contribution in [2.75, 3.05) is 57.1 Å². The van der Waals surface area contributed by atoms with Crippen molar-refractivity contribution >= 4 is 33.2 Å². The number of ether oxygens (including phenoxy) is 2. The van der Waals surface area contributed by atoms with Crippen molar-refractivity contribution in [2.45, 2.75) is 19.4 Å². The van der Waals surface area contributed by atoms with Crippen LogP contribution in [0, 0.1) is 0 Å². The van der Waals surface area contributed by atoms with Crippen molar-refractivity contribution in [2.24, 2.45) is 0 Å². The number of hydrogen-bond acceptors (Lipinski definition) is 6. The lowest BCUT2D eigenvalue weighted by Crippen LogP contribution is -2.48. The van der Waals surface area contributed by atoms with E-state index in [2.05, 4.69) is 10.2 Å². The van der Waals surface area contributed by atoms with Crippen LogP contribution in [-0.2, 0) is 19.6 Å².